The molecule has 3 nitrogen and oxygen atoms in total. The van der Waals surface area contributed by atoms with Gasteiger partial charge in [0.05, 0.1) is 11.8 Å². The fourth-order valence-corrected chi connectivity index (χ4v) is 2.35. The van der Waals surface area contributed by atoms with Gasteiger partial charge in [-0.3, -0.25) is 0 Å². The Morgan fingerprint density at radius 2 is 1.94 bits per heavy atom. The van der Waals surface area contributed by atoms with Gasteiger partial charge in [-0.15, -0.1) is 23.7 Å². The Bertz CT molecular complexity index is 467. The molecule has 0 spiro atoms. The van der Waals surface area contributed by atoms with Gasteiger partial charge in [-0.2, -0.15) is 0 Å². The van der Waals surface area contributed by atoms with Crippen molar-refractivity contribution in [2.24, 2.45) is 0 Å². The molecule has 0 saturated heterocycles. The Hall–Kier alpha value is -1.10. The Balaban J connectivity index is 0.00000162. The summed E-state index contributed by atoms with van der Waals surface area (Å²) in [6, 6.07) is 9.64. The highest BCUT2D eigenvalue weighted by atomic mass is 35.5. The lowest BCUT2D eigenvalue weighted by molar-refractivity contribution is 0.191. The van der Waals surface area contributed by atoms with E-state index in [1.54, 1.807) is 11.3 Å². The summed E-state index contributed by atoms with van der Waals surface area (Å²) >= 11 is 1.62. The zero-order valence-electron chi connectivity index (χ0n) is 10.4. The van der Waals surface area contributed by atoms with Crippen molar-refractivity contribution in [3.05, 3.63) is 46.5 Å². The SMILES string of the molecule is Cc1nc(NCC(O)c2ccccc2)sc1C.Cl. The van der Waals surface area contributed by atoms with E-state index < -0.39 is 6.10 Å². The maximum absolute atomic E-state index is 9.97. The number of hydrogen-bond acceptors (Lipinski definition) is 4. The summed E-state index contributed by atoms with van der Waals surface area (Å²) in [5.41, 5.74) is 1.97. The van der Waals surface area contributed by atoms with Crippen molar-refractivity contribution in [3.63, 3.8) is 0 Å². The summed E-state index contributed by atoms with van der Waals surface area (Å²) in [6.45, 7) is 4.52. The number of aromatic nitrogens is 1. The topological polar surface area (TPSA) is 45.2 Å². The molecular formula is C13H17ClN2OS. The highest BCUT2D eigenvalue weighted by Crippen LogP contribution is 2.22. The van der Waals surface area contributed by atoms with Crippen LogP contribution in [0.2, 0.25) is 0 Å². The third-order valence-corrected chi connectivity index (χ3v) is 3.69. The maximum Gasteiger partial charge on any atom is 0.183 e. The van der Waals surface area contributed by atoms with E-state index in [1.165, 1.54) is 4.88 Å². The number of aryl methyl sites for hydroxylation is 2. The van der Waals surface area contributed by atoms with E-state index in [2.05, 4.69) is 10.3 Å². The summed E-state index contributed by atoms with van der Waals surface area (Å²) in [5.74, 6) is 0. The van der Waals surface area contributed by atoms with Crippen LogP contribution < -0.4 is 5.32 Å². The quantitative estimate of drug-likeness (QED) is 0.905. The van der Waals surface area contributed by atoms with Crippen molar-refractivity contribution in [1.29, 1.82) is 0 Å². The molecule has 0 saturated carbocycles. The highest BCUT2D eigenvalue weighted by Gasteiger charge is 2.08. The van der Waals surface area contributed by atoms with Crippen LogP contribution in [0.1, 0.15) is 22.2 Å². The molecule has 1 unspecified atom stereocenters. The van der Waals surface area contributed by atoms with Crippen molar-refractivity contribution < 1.29 is 5.11 Å². The number of nitrogens with zero attached hydrogens (tertiary/aromatic N) is 1. The summed E-state index contributed by atoms with van der Waals surface area (Å²) < 4.78 is 0. The maximum atomic E-state index is 9.97. The molecular weight excluding hydrogens is 268 g/mol. The predicted octanol–water partition coefficient (Wildman–Crippen LogP) is 3.33. The molecule has 0 aliphatic heterocycles. The molecule has 2 rings (SSSR count). The van der Waals surface area contributed by atoms with E-state index in [0.29, 0.717) is 6.54 Å². The number of benzene rings is 1. The normalized spacial score (nSPS) is 11.7. The first kappa shape index (κ1) is 15.0. The minimum Gasteiger partial charge on any atom is -0.387 e. The second kappa shape index (κ2) is 6.73. The number of aliphatic hydroxyl groups excluding tert-OH is 1. The molecule has 5 heteroatoms. The van der Waals surface area contributed by atoms with Gasteiger partial charge in [0.25, 0.3) is 0 Å². The first-order chi connectivity index (χ1) is 8.16. The zero-order chi connectivity index (χ0) is 12.3. The van der Waals surface area contributed by atoms with E-state index in [0.717, 1.165) is 16.4 Å². The Morgan fingerprint density at radius 3 is 2.50 bits per heavy atom. The van der Waals surface area contributed by atoms with Crippen LogP contribution in [0.5, 0.6) is 0 Å². The number of halogens is 1. The predicted molar refractivity (Wildman–Crippen MR) is 78.7 cm³/mol. The molecule has 0 fully saturated rings. The van der Waals surface area contributed by atoms with E-state index >= 15 is 0 Å². The molecule has 1 heterocycles. The standard InChI is InChI=1S/C13H16N2OS.ClH/c1-9-10(2)17-13(15-9)14-8-12(16)11-6-4-3-5-7-11;/h3-7,12,16H,8H2,1-2H3,(H,14,15);1H. The van der Waals surface area contributed by atoms with Crippen LogP contribution >= 0.6 is 23.7 Å². The van der Waals surface area contributed by atoms with Crippen LogP contribution in [0.4, 0.5) is 5.13 Å². The fourth-order valence-electron chi connectivity index (χ4n) is 1.53. The van der Waals surface area contributed by atoms with Crippen LogP contribution in [0.25, 0.3) is 0 Å². The third kappa shape index (κ3) is 3.70. The number of hydrogen-bond donors (Lipinski definition) is 2. The van der Waals surface area contributed by atoms with Gasteiger partial charge in [-0.25, -0.2) is 4.98 Å². The van der Waals surface area contributed by atoms with Gasteiger partial charge in [0, 0.05) is 11.4 Å². The van der Waals surface area contributed by atoms with Crippen molar-refractivity contribution in [2.75, 3.05) is 11.9 Å². The molecule has 0 radical (unpaired) electrons. The number of rotatable bonds is 4. The summed E-state index contributed by atoms with van der Waals surface area (Å²) in [5, 5.41) is 14.0. The second-order valence-electron chi connectivity index (χ2n) is 3.97. The average molecular weight is 285 g/mol. The molecule has 1 aromatic carbocycles. The smallest absolute Gasteiger partial charge is 0.183 e. The molecule has 0 bridgehead atoms. The molecule has 0 aliphatic carbocycles. The van der Waals surface area contributed by atoms with Gasteiger partial charge in [-0.05, 0) is 19.4 Å². The van der Waals surface area contributed by atoms with Crippen LogP contribution in [0.3, 0.4) is 0 Å². The van der Waals surface area contributed by atoms with E-state index in [4.69, 9.17) is 0 Å². The lowest BCUT2D eigenvalue weighted by Gasteiger charge is -2.11. The molecule has 0 amide bonds. The van der Waals surface area contributed by atoms with Crippen molar-refractivity contribution in [1.82, 2.24) is 4.98 Å². The molecule has 1 atom stereocenters. The molecule has 2 aromatic rings. The fraction of sp³-hybridized carbons (Fsp3) is 0.308. The van der Waals surface area contributed by atoms with Crippen molar-refractivity contribution in [3.8, 4) is 0 Å². The largest absolute Gasteiger partial charge is 0.387 e. The van der Waals surface area contributed by atoms with Gasteiger partial charge in [0.15, 0.2) is 5.13 Å². The minimum absolute atomic E-state index is 0. The Morgan fingerprint density at radius 1 is 1.28 bits per heavy atom. The van der Waals surface area contributed by atoms with Crippen LogP contribution in [-0.4, -0.2) is 16.6 Å². The summed E-state index contributed by atoms with van der Waals surface area (Å²) in [4.78, 5) is 5.58. The van der Waals surface area contributed by atoms with Crippen LogP contribution in [0.15, 0.2) is 30.3 Å². The molecule has 0 aliphatic rings. The molecule has 2 N–H and O–H groups in total. The van der Waals surface area contributed by atoms with E-state index in [-0.39, 0.29) is 12.4 Å². The Labute approximate surface area is 117 Å². The van der Waals surface area contributed by atoms with Gasteiger partial charge in [0.2, 0.25) is 0 Å². The van der Waals surface area contributed by atoms with Gasteiger partial charge >= 0.3 is 0 Å². The van der Waals surface area contributed by atoms with Gasteiger partial charge < -0.3 is 10.4 Å². The minimum atomic E-state index is -0.499. The van der Waals surface area contributed by atoms with Crippen molar-refractivity contribution >= 4 is 28.9 Å². The molecule has 1 aromatic heterocycles. The van der Waals surface area contributed by atoms with Crippen LogP contribution in [-0.2, 0) is 0 Å². The highest BCUT2D eigenvalue weighted by molar-refractivity contribution is 7.15. The van der Waals surface area contributed by atoms with Gasteiger partial charge in [0.1, 0.15) is 0 Å². The summed E-state index contributed by atoms with van der Waals surface area (Å²) in [7, 11) is 0. The number of anilines is 1. The van der Waals surface area contributed by atoms with Gasteiger partial charge in [-0.1, -0.05) is 30.3 Å². The average Bonchev–Trinajstić information content (AvgIpc) is 2.67. The molecule has 98 valence electrons. The van der Waals surface area contributed by atoms with Crippen molar-refractivity contribution in [2.45, 2.75) is 20.0 Å². The monoisotopic (exact) mass is 284 g/mol. The molecule has 18 heavy (non-hydrogen) atoms. The number of thiazole rings is 1. The first-order valence-corrected chi connectivity index (χ1v) is 6.39. The number of nitrogens with one attached hydrogen (secondary N) is 1. The third-order valence-electron chi connectivity index (χ3n) is 2.66. The lowest BCUT2D eigenvalue weighted by atomic mass is 10.1. The summed E-state index contributed by atoms with van der Waals surface area (Å²) in [6.07, 6.45) is -0.499. The van der Waals surface area contributed by atoms with Crippen LogP contribution in [0, 0.1) is 13.8 Å². The second-order valence-corrected chi connectivity index (χ2v) is 5.17. The first-order valence-electron chi connectivity index (χ1n) is 5.57. The van der Waals surface area contributed by atoms with E-state index in [9.17, 15) is 5.11 Å². The van der Waals surface area contributed by atoms with E-state index in [1.807, 2.05) is 44.2 Å². The Kier molecular flexibility index (Phi) is 5.59. The zero-order valence-corrected chi connectivity index (χ0v) is 12.0. The number of aliphatic hydroxyl groups is 1. The lowest BCUT2D eigenvalue weighted by Crippen LogP contribution is -2.11.